The summed E-state index contributed by atoms with van der Waals surface area (Å²) < 4.78 is 5.42. The van der Waals surface area contributed by atoms with Crippen LogP contribution in [0.3, 0.4) is 0 Å². The van der Waals surface area contributed by atoms with Crippen molar-refractivity contribution in [3.8, 4) is 0 Å². The molecule has 2 heterocycles. The van der Waals surface area contributed by atoms with Gasteiger partial charge in [-0.2, -0.15) is 0 Å². The molecular formula is C17H20N4O4. The van der Waals surface area contributed by atoms with Crippen LogP contribution >= 0.6 is 0 Å². The Balaban J connectivity index is 2.18. The molecule has 0 atom stereocenters. The minimum Gasteiger partial charge on any atom is -0.476 e. The maximum absolute atomic E-state index is 12.5. The highest BCUT2D eigenvalue weighted by atomic mass is 16.6. The second-order valence-corrected chi connectivity index (χ2v) is 6.36. The van der Waals surface area contributed by atoms with Gasteiger partial charge in [0.25, 0.3) is 0 Å². The molecule has 0 radical (unpaired) electrons. The van der Waals surface area contributed by atoms with E-state index in [4.69, 9.17) is 9.84 Å². The molecule has 0 bridgehead atoms. The molecule has 1 N–H and O–H groups in total. The van der Waals surface area contributed by atoms with Crippen molar-refractivity contribution in [3.63, 3.8) is 0 Å². The number of hydrogen-bond donors (Lipinski definition) is 1. The summed E-state index contributed by atoms with van der Waals surface area (Å²) in [5.41, 5.74) is 0.353. The number of carbonyl (C=O) groups is 2. The van der Waals surface area contributed by atoms with E-state index in [-0.39, 0.29) is 18.8 Å². The first kappa shape index (κ1) is 18.3. The predicted molar refractivity (Wildman–Crippen MR) is 88.7 cm³/mol. The highest BCUT2D eigenvalue weighted by Crippen LogP contribution is 2.14. The zero-order chi connectivity index (χ0) is 18.4. The zero-order valence-electron chi connectivity index (χ0n) is 14.3. The standard InChI is InChI=1S/C17H20N4O4/c1-17(2,3)25-16(24)21(10-12-6-4-5-7-18-12)11-13-8-20-14(9-19-13)15(22)23/h4-9H,10-11H2,1-3H3,(H,22,23). The Morgan fingerprint density at radius 2 is 1.80 bits per heavy atom. The van der Waals surface area contributed by atoms with E-state index in [1.165, 1.54) is 11.1 Å². The van der Waals surface area contributed by atoms with E-state index in [1.54, 1.807) is 39.1 Å². The third kappa shape index (κ3) is 5.83. The van der Waals surface area contributed by atoms with Crippen LogP contribution in [0.2, 0.25) is 0 Å². The van der Waals surface area contributed by atoms with Crippen molar-refractivity contribution < 1.29 is 19.4 Å². The van der Waals surface area contributed by atoms with Gasteiger partial charge in [-0.3, -0.25) is 14.9 Å². The van der Waals surface area contributed by atoms with Crippen molar-refractivity contribution in [1.82, 2.24) is 19.9 Å². The van der Waals surface area contributed by atoms with E-state index < -0.39 is 17.7 Å². The number of rotatable bonds is 5. The Kier molecular flexibility index (Phi) is 5.63. The first-order chi connectivity index (χ1) is 11.7. The smallest absolute Gasteiger partial charge is 0.410 e. The van der Waals surface area contributed by atoms with Crippen molar-refractivity contribution >= 4 is 12.1 Å². The number of carboxylic acids is 1. The van der Waals surface area contributed by atoms with Crippen LogP contribution in [0.5, 0.6) is 0 Å². The van der Waals surface area contributed by atoms with Gasteiger partial charge in [0.1, 0.15) is 5.60 Å². The number of carboxylic acid groups (broad SMARTS) is 1. The maximum Gasteiger partial charge on any atom is 0.410 e. The number of ether oxygens (including phenoxy) is 1. The lowest BCUT2D eigenvalue weighted by atomic mass is 10.2. The normalized spacial score (nSPS) is 11.0. The fraction of sp³-hybridized carbons (Fsp3) is 0.353. The highest BCUT2D eigenvalue weighted by molar-refractivity contribution is 5.84. The van der Waals surface area contributed by atoms with Crippen LogP contribution in [0.25, 0.3) is 0 Å². The SMILES string of the molecule is CC(C)(C)OC(=O)N(Cc1ccccn1)Cc1cnc(C(=O)O)cn1. The number of aromatic nitrogens is 3. The summed E-state index contributed by atoms with van der Waals surface area (Å²) >= 11 is 0. The second-order valence-electron chi connectivity index (χ2n) is 6.36. The molecule has 2 rings (SSSR count). The molecule has 2 aromatic rings. The number of aromatic carboxylic acids is 1. The van der Waals surface area contributed by atoms with E-state index in [0.29, 0.717) is 11.4 Å². The summed E-state index contributed by atoms with van der Waals surface area (Å²) in [6, 6.07) is 5.42. The zero-order valence-corrected chi connectivity index (χ0v) is 14.3. The van der Waals surface area contributed by atoms with E-state index in [2.05, 4.69) is 15.0 Å². The van der Waals surface area contributed by atoms with Gasteiger partial charge in [-0.25, -0.2) is 14.6 Å². The van der Waals surface area contributed by atoms with E-state index in [1.807, 2.05) is 6.07 Å². The fourth-order valence-electron chi connectivity index (χ4n) is 1.94. The molecule has 8 heteroatoms. The van der Waals surface area contributed by atoms with Crippen molar-refractivity contribution in [1.29, 1.82) is 0 Å². The summed E-state index contributed by atoms with van der Waals surface area (Å²) in [7, 11) is 0. The van der Waals surface area contributed by atoms with Crippen LogP contribution in [0.1, 0.15) is 42.6 Å². The molecule has 0 spiro atoms. The third-order valence-corrected chi connectivity index (χ3v) is 3.01. The monoisotopic (exact) mass is 344 g/mol. The molecule has 0 aromatic carbocycles. The van der Waals surface area contributed by atoms with Gasteiger partial charge in [-0.05, 0) is 32.9 Å². The van der Waals surface area contributed by atoms with Gasteiger partial charge in [0.05, 0.1) is 36.9 Å². The van der Waals surface area contributed by atoms with Gasteiger partial charge in [0.2, 0.25) is 0 Å². The Hall–Kier alpha value is -3.03. The van der Waals surface area contributed by atoms with Crippen molar-refractivity contribution in [2.45, 2.75) is 39.5 Å². The number of carbonyl (C=O) groups excluding carboxylic acids is 1. The highest BCUT2D eigenvalue weighted by Gasteiger charge is 2.23. The second kappa shape index (κ2) is 7.69. The van der Waals surface area contributed by atoms with Crippen LogP contribution in [0.15, 0.2) is 36.8 Å². The molecule has 25 heavy (non-hydrogen) atoms. The lowest BCUT2D eigenvalue weighted by Gasteiger charge is -2.27. The molecule has 132 valence electrons. The summed E-state index contributed by atoms with van der Waals surface area (Å²) in [5.74, 6) is -1.16. The number of amides is 1. The molecule has 0 saturated heterocycles. The molecule has 0 fully saturated rings. The van der Waals surface area contributed by atoms with Crippen LogP contribution in [0, 0.1) is 0 Å². The van der Waals surface area contributed by atoms with Gasteiger partial charge in [-0.1, -0.05) is 6.07 Å². The lowest BCUT2D eigenvalue weighted by molar-refractivity contribution is 0.0211. The van der Waals surface area contributed by atoms with Crippen LogP contribution in [-0.2, 0) is 17.8 Å². The molecule has 1 amide bonds. The molecule has 0 aliphatic rings. The maximum atomic E-state index is 12.5. The summed E-state index contributed by atoms with van der Waals surface area (Å²) in [5, 5.41) is 8.87. The molecule has 8 nitrogen and oxygen atoms in total. The average molecular weight is 344 g/mol. The van der Waals surface area contributed by atoms with Gasteiger partial charge >= 0.3 is 12.1 Å². The predicted octanol–water partition coefficient (Wildman–Crippen LogP) is 2.51. The summed E-state index contributed by atoms with van der Waals surface area (Å²) in [6.45, 7) is 5.71. The lowest BCUT2D eigenvalue weighted by Crippen LogP contribution is -2.36. The quantitative estimate of drug-likeness (QED) is 0.888. The van der Waals surface area contributed by atoms with Crippen LogP contribution < -0.4 is 0 Å². The van der Waals surface area contributed by atoms with Crippen molar-refractivity contribution in [2.75, 3.05) is 0 Å². The van der Waals surface area contributed by atoms with E-state index >= 15 is 0 Å². The van der Waals surface area contributed by atoms with Gasteiger partial charge in [0, 0.05) is 6.20 Å². The van der Waals surface area contributed by atoms with Crippen LogP contribution in [0.4, 0.5) is 4.79 Å². The molecule has 0 unspecified atom stereocenters. The van der Waals surface area contributed by atoms with Gasteiger partial charge in [0.15, 0.2) is 5.69 Å². The molecule has 0 aliphatic carbocycles. The largest absolute Gasteiger partial charge is 0.476 e. The minimum absolute atomic E-state index is 0.123. The Bertz CT molecular complexity index is 727. The molecular weight excluding hydrogens is 324 g/mol. The summed E-state index contributed by atoms with van der Waals surface area (Å²) in [4.78, 5) is 36.8. The van der Waals surface area contributed by atoms with E-state index in [9.17, 15) is 9.59 Å². The van der Waals surface area contributed by atoms with Gasteiger partial charge < -0.3 is 9.84 Å². The first-order valence-corrected chi connectivity index (χ1v) is 7.66. The Labute approximate surface area is 145 Å². The average Bonchev–Trinajstić information content (AvgIpc) is 2.54. The molecule has 0 saturated carbocycles. The van der Waals surface area contributed by atoms with Gasteiger partial charge in [-0.15, -0.1) is 0 Å². The van der Waals surface area contributed by atoms with Crippen LogP contribution in [-0.4, -0.2) is 42.6 Å². The first-order valence-electron chi connectivity index (χ1n) is 7.66. The number of pyridine rings is 1. The third-order valence-electron chi connectivity index (χ3n) is 3.01. The van der Waals surface area contributed by atoms with Crippen molar-refractivity contribution in [3.05, 3.63) is 53.9 Å². The number of nitrogens with zero attached hydrogens (tertiary/aromatic N) is 4. The summed E-state index contributed by atoms with van der Waals surface area (Å²) in [6.07, 6.45) is 3.62. The minimum atomic E-state index is -1.16. The number of hydrogen-bond acceptors (Lipinski definition) is 6. The van der Waals surface area contributed by atoms with Crippen molar-refractivity contribution in [2.24, 2.45) is 0 Å². The van der Waals surface area contributed by atoms with E-state index in [0.717, 1.165) is 6.20 Å². The Morgan fingerprint density at radius 3 is 2.32 bits per heavy atom. The Morgan fingerprint density at radius 1 is 1.08 bits per heavy atom. The fourth-order valence-corrected chi connectivity index (χ4v) is 1.94. The molecule has 2 aromatic heterocycles. The topological polar surface area (TPSA) is 106 Å². The molecule has 0 aliphatic heterocycles.